The Bertz CT molecular complexity index is 718. The average Bonchev–Trinajstić information content (AvgIpc) is 2.43. The minimum absolute atomic E-state index is 0.0244. The highest BCUT2D eigenvalue weighted by Crippen LogP contribution is 2.33. The van der Waals surface area contributed by atoms with Gasteiger partial charge in [-0.3, -0.25) is 0 Å². The summed E-state index contributed by atoms with van der Waals surface area (Å²) in [6.45, 7) is 1.38. The molecule has 5 nitrogen and oxygen atoms in total. The van der Waals surface area contributed by atoms with E-state index in [0.717, 1.165) is 12.1 Å². The second-order valence-corrected chi connectivity index (χ2v) is 8.34. The summed E-state index contributed by atoms with van der Waals surface area (Å²) in [5, 5.41) is 10.1. The van der Waals surface area contributed by atoms with E-state index in [4.69, 9.17) is 4.74 Å². The Balaban J connectivity index is 1.90. The minimum Gasteiger partial charge on any atom is -0.380 e. The van der Waals surface area contributed by atoms with E-state index in [0.29, 0.717) is 12.8 Å². The van der Waals surface area contributed by atoms with Crippen molar-refractivity contribution in [1.82, 2.24) is 4.31 Å². The standard InChI is InChI=1S/C15H19F2NO4S/c1-10-3-2-4-23(20,21)18(10)7-11-5-14(17)12(6-13(11)16)15(19)8-22-9-15/h5-6,10,19H,2-4,7-9H2,1H3/t10-/m0/s1. The second kappa shape index (κ2) is 5.77. The molecule has 0 unspecified atom stereocenters. The zero-order valence-electron chi connectivity index (χ0n) is 12.8. The minimum atomic E-state index is -3.46. The summed E-state index contributed by atoms with van der Waals surface area (Å²) in [5.41, 5.74) is -1.69. The molecule has 0 spiro atoms. The maximum absolute atomic E-state index is 14.3. The van der Waals surface area contributed by atoms with Gasteiger partial charge in [-0.15, -0.1) is 0 Å². The fraction of sp³-hybridized carbons (Fsp3) is 0.600. The lowest BCUT2D eigenvalue weighted by atomic mass is 9.90. The predicted molar refractivity (Wildman–Crippen MR) is 79.1 cm³/mol. The number of benzene rings is 1. The summed E-state index contributed by atoms with van der Waals surface area (Å²) >= 11 is 0. The van der Waals surface area contributed by atoms with Gasteiger partial charge in [-0.25, -0.2) is 17.2 Å². The lowest BCUT2D eigenvalue weighted by Gasteiger charge is -2.37. The molecule has 1 atom stereocenters. The van der Waals surface area contributed by atoms with Crippen LogP contribution >= 0.6 is 0 Å². The molecule has 128 valence electrons. The Labute approximate surface area is 133 Å². The molecule has 0 aromatic heterocycles. The monoisotopic (exact) mass is 347 g/mol. The molecule has 1 N–H and O–H groups in total. The summed E-state index contributed by atoms with van der Waals surface area (Å²) < 4.78 is 58.9. The van der Waals surface area contributed by atoms with Gasteiger partial charge in [-0.05, 0) is 31.9 Å². The number of nitrogens with zero attached hydrogens (tertiary/aromatic N) is 1. The summed E-state index contributed by atoms with van der Waals surface area (Å²) in [7, 11) is -3.46. The number of sulfonamides is 1. The smallest absolute Gasteiger partial charge is 0.214 e. The van der Waals surface area contributed by atoms with Gasteiger partial charge in [0.25, 0.3) is 0 Å². The summed E-state index contributed by atoms with van der Waals surface area (Å²) in [4.78, 5) is 0. The van der Waals surface area contributed by atoms with Crippen molar-refractivity contribution < 1.29 is 27.0 Å². The van der Waals surface area contributed by atoms with E-state index in [1.54, 1.807) is 6.92 Å². The quantitative estimate of drug-likeness (QED) is 0.900. The van der Waals surface area contributed by atoms with Crippen molar-refractivity contribution >= 4 is 10.0 Å². The second-order valence-electron chi connectivity index (χ2n) is 6.30. The van der Waals surface area contributed by atoms with Gasteiger partial charge >= 0.3 is 0 Å². The number of hydrogen-bond acceptors (Lipinski definition) is 4. The molecular weight excluding hydrogens is 328 g/mol. The van der Waals surface area contributed by atoms with E-state index in [1.165, 1.54) is 4.31 Å². The molecule has 0 amide bonds. The fourth-order valence-corrected chi connectivity index (χ4v) is 4.79. The summed E-state index contributed by atoms with van der Waals surface area (Å²) in [6, 6.07) is 1.66. The Morgan fingerprint density at radius 1 is 1.35 bits per heavy atom. The van der Waals surface area contributed by atoms with Gasteiger partial charge < -0.3 is 9.84 Å². The lowest BCUT2D eigenvalue weighted by Crippen LogP contribution is -2.47. The molecule has 3 rings (SSSR count). The number of aliphatic hydroxyl groups is 1. The maximum atomic E-state index is 14.3. The summed E-state index contributed by atoms with van der Waals surface area (Å²) in [6.07, 6.45) is 1.27. The third-order valence-corrected chi connectivity index (χ3v) is 6.53. The van der Waals surface area contributed by atoms with Crippen LogP contribution in [-0.4, -0.2) is 42.8 Å². The van der Waals surface area contributed by atoms with Crippen molar-refractivity contribution in [3.63, 3.8) is 0 Å². The molecule has 23 heavy (non-hydrogen) atoms. The Hall–Kier alpha value is -1.09. The van der Waals surface area contributed by atoms with Gasteiger partial charge in [0.1, 0.15) is 17.2 Å². The first kappa shape index (κ1) is 16.8. The van der Waals surface area contributed by atoms with E-state index in [1.807, 2.05) is 0 Å². The van der Waals surface area contributed by atoms with Crippen LogP contribution in [-0.2, 0) is 26.9 Å². The van der Waals surface area contributed by atoms with Crippen LogP contribution in [0.3, 0.4) is 0 Å². The molecular formula is C15H19F2NO4S. The molecule has 8 heteroatoms. The van der Waals surface area contributed by atoms with Gasteiger partial charge in [-0.2, -0.15) is 4.31 Å². The Morgan fingerprint density at radius 2 is 2.04 bits per heavy atom. The molecule has 1 aromatic carbocycles. The largest absolute Gasteiger partial charge is 0.380 e. The zero-order chi connectivity index (χ0) is 16.8. The van der Waals surface area contributed by atoms with E-state index < -0.39 is 27.3 Å². The first-order chi connectivity index (χ1) is 10.7. The van der Waals surface area contributed by atoms with Crippen molar-refractivity contribution in [3.05, 3.63) is 34.9 Å². The number of ether oxygens (including phenoxy) is 1. The van der Waals surface area contributed by atoms with E-state index in [-0.39, 0.29) is 42.7 Å². The average molecular weight is 347 g/mol. The lowest BCUT2D eigenvalue weighted by molar-refractivity contribution is -0.186. The van der Waals surface area contributed by atoms with Crippen LogP contribution in [0.5, 0.6) is 0 Å². The third-order valence-electron chi connectivity index (χ3n) is 4.52. The zero-order valence-corrected chi connectivity index (χ0v) is 13.6. The van der Waals surface area contributed by atoms with Crippen molar-refractivity contribution in [2.75, 3.05) is 19.0 Å². The van der Waals surface area contributed by atoms with E-state index >= 15 is 0 Å². The van der Waals surface area contributed by atoms with Crippen molar-refractivity contribution in [1.29, 1.82) is 0 Å². The van der Waals surface area contributed by atoms with E-state index in [9.17, 15) is 22.3 Å². The molecule has 2 aliphatic rings. The van der Waals surface area contributed by atoms with Crippen molar-refractivity contribution in [2.24, 2.45) is 0 Å². The molecule has 2 heterocycles. The first-order valence-corrected chi connectivity index (χ1v) is 9.12. The number of hydrogen-bond donors (Lipinski definition) is 1. The molecule has 2 aliphatic heterocycles. The van der Waals surface area contributed by atoms with Crippen LogP contribution in [0, 0.1) is 11.6 Å². The molecule has 0 bridgehead atoms. The van der Waals surface area contributed by atoms with Gasteiger partial charge in [0, 0.05) is 23.7 Å². The Kier molecular flexibility index (Phi) is 4.20. The van der Waals surface area contributed by atoms with Crippen LogP contribution in [0.4, 0.5) is 8.78 Å². The van der Waals surface area contributed by atoms with Crippen molar-refractivity contribution in [2.45, 2.75) is 38.0 Å². The van der Waals surface area contributed by atoms with Crippen molar-refractivity contribution in [3.8, 4) is 0 Å². The van der Waals surface area contributed by atoms with Crippen LogP contribution in [0.1, 0.15) is 30.9 Å². The number of rotatable bonds is 3. The topological polar surface area (TPSA) is 66.8 Å². The highest BCUT2D eigenvalue weighted by molar-refractivity contribution is 7.89. The van der Waals surface area contributed by atoms with Crippen LogP contribution < -0.4 is 0 Å². The predicted octanol–water partition coefficient (Wildman–Crippen LogP) is 1.50. The van der Waals surface area contributed by atoms with Crippen LogP contribution in [0.25, 0.3) is 0 Å². The SMILES string of the molecule is C[C@H]1CCCS(=O)(=O)N1Cc1cc(F)c(C2(O)COC2)cc1F. The molecule has 0 saturated carbocycles. The fourth-order valence-electron chi connectivity index (χ4n) is 3.04. The van der Waals surface area contributed by atoms with Gasteiger partial charge in [0.15, 0.2) is 0 Å². The number of halogens is 2. The first-order valence-electron chi connectivity index (χ1n) is 7.51. The van der Waals surface area contributed by atoms with Gasteiger partial charge in [0.05, 0.1) is 19.0 Å². The maximum Gasteiger partial charge on any atom is 0.214 e. The molecule has 2 saturated heterocycles. The van der Waals surface area contributed by atoms with Gasteiger partial charge in [-0.1, -0.05) is 0 Å². The summed E-state index contributed by atoms with van der Waals surface area (Å²) in [5.74, 6) is -1.46. The molecule has 0 radical (unpaired) electrons. The molecule has 1 aromatic rings. The highest BCUT2D eigenvalue weighted by atomic mass is 32.2. The van der Waals surface area contributed by atoms with Crippen LogP contribution in [0.2, 0.25) is 0 Å². The Morgan fingerprint density at radius 3 is 2.61 bits per heavy atom. The van der Waals surface area contributed by atoms with E-state index in [2.05, 4.69) is 0 Å². The normalized spacial score (nSPS) is 26.7. The molecule has 0 aliphatic carbocycles. The van der Waals surface area contributed by atoms with Crippen LogP contribution in [0.15, 0.2) is 12.1 Å². The van der Waals surface area contributed by atoms with Gasteiger partial charge in [0.2, 0.25) is 10.0 Å². The highest BCUT2D eigenvalue weighted by Gasteiger charge is 2.41. The third kappa shape index (κ3) is 3.00. The molecule has 2 fully saturated rings.